The first-order valence-electron chi connectivity index (χ1n) is 8.93. The van der Waals surface area contributed by atoms with Gasteiger partial charge in [0.25, 0.3) is 5.91 Å². The Morgan fingerprint density at radius 1 is 1.33 bits per heavy atom. The summed E-state index contributed by atoms with van der Waals surface area (Å²) in [4.78, 5) is 25.3. The van der Waals surface area contributed by atoms with Crippen molar-refractivity contribution in [2.45, 2.75) is 32.2 Å². The Morgan fingerprint density at radius 3 is 2.70 bits per heavy atom. The SMILES string of the molecule is Cc1cc(CCNC(=O)N2CCC(n3cc(C(N)=O)nn3)CC2)ccc1Cl. The molecule has 1 aliphatic heterocycles. The van der Waals surface area contributed by atoms with Crippen molar-refractivity contribution in [2.75, 3.05) is 19.6 Å². The summed E-state index contributed by atoms with van der Waals surface area (Å²) in [6.07, 6.45) is 3.84. The molecule has 1 fully saturated rings. The molecule has 1 saturated heterocycles. The number of carbonyl (C=O) groups excluding carboxylic acids is 2. The Balaban J connectivity index is 1.44. The number of hydrogen-bond acceptors (Lipinski definition) is 4. The number of nitrogens with one attached hydrogen (secondary N) is 1. The molecule has 9 heteroatoms. The van der Waals surface area contributed by atoms with Gasteiger partial charge >= 0.3 is 6.03 Å². The molecule has 3 rings (SSSR count). The van der Waals surface area contributed by atoms with E-state index < -0.39 is 5.91 Å². The smallest absolute Gasteiger partial charge is 0.317 e. The average molecular weight is 391 g/mol. The number of rotatable bonds is 5. The van der Waals surface area contributed by atoms with Gasteiger partial charge in [-0.3, -0.25) is 4.79 Å². The number of nitrogens with two attached hydrogens (primary N) is 1. The lowest BCUT2D eigenvalue weighted by Gasteiger charge is -2.31. The molecule has 27 heavy (non-hydrogen) atoms. The van der Waals surface area contributed by atoms with E-state index in [9.17, 15) is 9.59 Å². The van der Waals surface area contributed by atoms with E-state index in [0.717, 1.165) is 35.4 Å². The fourth-order valence-electron chi connectivity index (χ4n) is 3.19. The third-order valence-corrected chi connectivity index (χ3v) is 5.22. The highest BCUT2D eigenvalue weighted by molar-refractivity contribution is 6.31. The summed E-state index contributed by atoms with van der Waals surface area (Å²) in [5.74, 6) is -0.589. The van der Waals surface area contributed by atoms with Crippen LogP contribution >= 0.6 is 11.6 Å². The number of nitrogens with zero attached hydrogens (tertiary/aromatic N) is 4. The highest BCUT2D eigenvalue weighted by Gasteiger charge is 2.25. The van der Waals surface area contributed by atoms with E-state index in [4.69, 9.17) is 17.3 Å². The molecule has 1 aromatic carbocycles. The van der Waals surface area contributed by atoms with E-state index in [1.807, 2.05) is 25.1 Å². The normalized spacial score (nSPS) is 15.0. The number of halogens is 1. The van der Waals surface area contributed by atoms with E-state index >= 15 is 0 Å². The molecule has 0 spiro atoms. The summed E-state index contributed by atoms with van der Waals surface area (Å²) in [6, 6.07) is 5.96. The molecule has 1 aromatic heterocycles. The van der Waals surface area contributed by atoms with Gasteiger partial charge in [-0.25, -0.2) is 9.48 Å². The lowest BCUT2D eigenvalue weighted by Crippen LogP contribution is -2.45. The third-order valence-electron chi connectivity index (χ3n) is 4.80. The minimum absolute atomic E-state index is 0.0597. The lowest BCUT2D eigenvalue weighted by atomic mass is 10.1. The maximum atomic E-state index is 12.3. The van der Waals surface area contributed by atoms with Crippen LogP contribution in [0.4, 0.5) is 4.79 Å². The van der Waals surface area contributed by atoms with Crippen molar-refractivity contribution < 1.29 is 9.59 Å². The quantitative estimate of drug-likeness (QED) is 0.813. The van der Waals surface area contributed by atoms with Gasteiger partial charge in [-0.2, -0.15) is 0 Å². The van der Waals surface area contributed by atoms with Crippen LogP contribution in [0, 0.1) is 6.92 Å². The predicted octanol–water partition coefficient (Wildman–Crippen LogP) is 1.93. The second-order valence-electron chi connectivity index (χ2n) is 6.73. The maximum absolute atomic E-state index is 12.3. The van der Waals surface area contributed by atoms with Crippen molar-refractivity contribution >= 4 is 23.5 Å². The second kappa shape index (κ2) is 8.39. The zero-order valence-corrected chi connectivity index (χ0v) is 15.9. The second-order valence-corrected chi connectivity index (χ2v) is 7.14. The first-order chi connectivity index (χ1) is 12.9. The molecule has 3 amide bonds. The number of aryl methyl sites for hydroxylation is 1. The van der Waals surface area contributed by atoms with Crippen LogP contribution in [0.25, 0.3) is 0 Å². The van der Waals surface area contributed by atoms with Crippen LogP contribution in [0.3, 0.4) is 0 Å². The topological polar surface area (TPSA) is 106 Å². The van der Waals surface area contributed by atoms with Gasteiger partial charge in [-0.15, -0.1) is 5.10 Å². The van der Waals surface area contributed by atoms with Crippen LogP contribution in [0.5, 0.6) is 0 Å². The zero-order valence-electron chi connectivity index (χ0n) is 15.2. The van der Waals surface area contributed by atoms with Gasteiger partial charge in [0.05, 0.1) is 12.2 Å². The molecule has 0 radical (unpaired) electrons. The summed E-state index contributed by atoms with van der Waals surface area (Å²) in [5, 5.41) is 11.4. The predicted molar refractivity (Wildman–Crippen MR) is 102 cm³/mol. The minimum Gasteiger partial charge on any atom is -0.364 e. The molecule has 0 saturated carbocycles. The summed E-state index contributed by atoms with van der Waals surface area (Å²) in [6.45, 7) is 3.80. The van der Waals surface area contributed by atoms with Gasteiger partial charge in [0.1, 0.15) is 0 Å². The monoisotopic (exact) mass is 390 g/mol. The Labute approximate surface area is 162 Å². The van der Waals surface area contributed by atoms with Crippen LogP contribution in [0.2, 0.25) is 5.02 Å². The van der Waals surface area contributed by atoms with Gasteiger partial charge < -0.3 is 16.0 Å². The van der Waals surface area contributed by atoms with Crippen molar-refractivity contribution in [3.63, 3.8) is 0 Å². The first kappa shape index (κ1) is 19.2. The van der Waals surface area contributed by atoms with Crippen molar-refractivity contribution in [1.82, 2.24) is 25.2 Å². The Hall–Kier alpha value is -2.61. The number of amides is 3. The average Bonchev–Trinajstić information content (AvgIpc) is 3.15. The summed E-state index contributed by atoms with van der Waals surface area (Å²) >= 11 is 6.03. The Bertz CT molecular complexity index is 829. The molecule has 3 N–H and O–H groups in total. The molecule has 1 aliphatic rings. The number of carbonyl (C=O) groups is 2. The van der Waals surface area contributed by atoms with Gasteiger partial charge in [0.15, 0.2) is 5.69 Å². The number of primary amides is 1. The highest BCUT2D eigenvalue weighted by Crippen LogP contribution is 2.21. The highest BCUT2D eigenvalue weighted by atomic mass is 35.5. The molecule has 8 nitrogen and oxygen atoms in total. The van der Waals surface area contributed by atoms with Gasteiger partial charge in [0.2, 0.25) is 0 Å². The molecule has 2 heterocycles. The Morgan fingerprint density at radius 2 is 2.07 bits per heavy atom. The fraction of sp³-hybridized carbons (Fsp3) is 0.444. The molecule has 0 aliphatic carbocycles. The van der Waals surface area contributed by atoms with Gasteiger partial charge in [0, 0.05) is 24.7 Å². The van der Waals surface area contributed by atoms with E-state index in [1.165, 1.54) is 0 Å². The van der Waals surface area contributed by atoms with E-state index in [-0.39, 0.29) is 17.8 Å². The number of piperidine rings is 1. The maximum Gasteiger partial charge on any atom is 0.317 e. The zero-order chi connectivity index (χ0) is 19.4. The van der Waals surface area contributed by atoms with Gasteiger partial charge in [-0.1, -0.05) is 28.9 Å². The van der Waals surface area contributed by atoms with Crippen LogP contribution in [-0.4, -0.2) is 51.5 Å². The van der Waals surface area contributed by atoms with Gasteiger partial charge in [-0.05, 0) is 43.4 Å². The van der Waals surface area contributed by atoms with Crippen LogP contribution < -0.4 is 11.1 Å². The lowest BCUT2D eigenvalue weighted by molar-refractivity contribution is 0.0995. The van der Waals surface area contributed by atoms with Crippen molar-refractivity contribution in [1.29, 1.82) is 0 Å². The summed E-state index contributed by atoms with van der Waals surface area (Å²) in [7, 11) is 0. The van der Waals surface area contributed by atoms with Crippen molar-refractivity contribution in [3.8, 4) is 0 Å². The number of benzene rings is 1. The minimum atomic E-state index is -0.589. The van der Waals surface area contributed by atoms with E-state index in [2.05, 4.69) is 15.6 Å². The van der Waals surface area contributed by atoms with E-state index in [0.29, 0.717) is 19.6 Å². The molecule has 0 unspecified atom stereocenters. The molecule has 144 valence electrons. The first-order valence-corrected chi connectivity index (χ1v) is 9.31. The van der Waals surface area contributed by atoms with Crippen molar-refractivity contribution in [3.05, 3.63) is 46.2 Å². The molecule has 0 atom stereocenters. The van der Waals surface area contributed by atoms with E-state index in [1.54, 1.807) is 15.8 Å². The standard InChI is InChI=1S/C18H23ClN6O2/c1-12-10-13(2-3-15(12)19)4-7-21-18(27)24-8-5-14(6-9-24)25-11-16(17(20)26)22-23-25/h2-3,10-11,14H,4-9H2,1H3,(H2,20,26)(H,21,27). The molecule has 2 aromatic rings. The summed E-state index contributed by atoms with van der Waals surface area (Å²) in [5.41, 5.74) is 7.54. The van der Waals surface area contributed by atoms with Crippen LogP contribution in [0.1, 0.15) is 40.5 Å². The van der Waals surface area contributed by atoms with Crippen molar-refractivity contribution in [2.24, 2.45) is 5.73 Å². The summed E-state index contributed by atoms with van der Waals surface area (Å²) < 4.78 is 1.66. The molecular weight excluding hydrogens is 368 g/mol. The third kappa shape index (κ3) is 4.77. The number of urea groups is 1. The van der Waals surface area contributed by atoms with Crippen LogP contribution in [-0.2, 0) is 6.42 Å². The number of hydrogen-bond donors (Lipinski definition) is 2. The number of aromatic nitrogens is 3. The molecule has 0 bridgehead atoms. The largest absolute Gasteiger partial charge is 0.364 e. The van der Waals surface area contributed by atoms with Crippen LogP contribution in [0.15, 0.2) is 24.4 Å². The number of likely N-dealkylation sites (tertiary alicyclic amines) is 1. The Kier molecular flexibility index (Phi) is 5.95. The molecular formula is C18H23ClN6O2. The fourth-order valence-corrected chi connectivity index (χ4v) is 3.31.